The van der Waals surface area contributed by atoms with E-state index >= 15 is 0 Å². The molecule has 0 fully saturated rings. The van der Waals surface area contributed by atoms with E-state index in [0.29, 0.717) is 34.9 Å². The summed E-state index contributed by atoms with van der Waals surface area (Å²) in [4.78, 5) is 24.8. The van der Waals surface area contributed by atoms with Crippen LogP contribution in [0, 0.1) is 11.6 Å². The smallest absolute Gasteiger partial charge is 0.334 e. The summed E-state index contributed by atoms with van der Waals surface area (Å²) in [6, 6.07) is 20.2. The molecule has 1 aliphatic heterocycles. The van der Waals surface area contributed by atoms with Crippen LogP contribution in [0.2, 0.25) is 0 Å². The highest BCUT2D eigenvalue weighted by Gasteiger charge is 2.31. The van der Waals surface area contributed by atoms with Gasteiger partial charge in [-0.15, -0.1) is 11.8 Å². The van der Waals surface area contributed by atoms with Gasteiger partial charge < -0.3 is 14.7 Å². The van der Waals surface area contributed by atoms with Crippen molar-refractivity contribution in [3.05, 3.63) is 137 Å². The number of allylic oxidation sites excluding steroid dienone is 2. The SMILES string of the molecule is C=C1C=C(SCc2cccc(F)c2F)N(CC(=O)N(Cc2ccc(-c3ccc(C(F)(F)F)cc3)cc2)C(CC)CCN(C)C)c2ncccc21. The molecule has 0 bridgehead atoms. The predicted octanol–water partition coefficient (Wildman–Crippen LogP) is 9.41. The molecule has 0 radical (unpaired) electrons. The van der Waals surface area contributed by atoms with E-state index in [2.05, 4.69) is 16.5 Å². The lowest BCUT2D eigenvalue weighted by Crippen LogP contribution is -2.46. The number of hydrogen-bond donors (Lipinski definition) is 0. The molecule has 3 aromatic carbocycles. The van der Waals surface area contributed by atoms with Crippen molar-refractivity contribution in [2.45, 2.75) is 44.3 Å². The number of carbonyl (C=O) groups excluding carboxylic acids is 1. The molecule has 0 saturated carbocycles. The molecule has 5 rings (SSSR count). The van der Waals surface area contributed by atoms with Crippen molar-refractivity contribution in [3.8, 4) is 11.1 Å². The van der Waals surface area contributed by atoms with E-state index in [1.165, 1.54) is 36.0 Å². The van der Waals surface area contributed by atoms with Crippen molar-refractivity contribution >= 4 is 29.1 Å². The molecule has 1 unspecified atom stereocenters. The zero-order valence-electron chi connectivity index (χ0n) is 28.2. The maximum absolute atomic E-state index is 14.6. The number of thioether (sulfide) groups is 1. The standard InChI is InChI=1S/C39H39F5N4OS/c1-5-32(19-21-46(3)4)47(23-27-11-13-28(14-12-27)29-15-17-31(18-16-29)39(42,43)44)35(49)24-48-36(22-26(2)33-9-7-20-45-38(33)48)50-25-30-8-6-10-34(40)37(30)41/h6-18,20,22,32H,2,5,19,21,23-25H2,1,3-4H3. The van der Waals surface area contributed by atoms with Gasteiger partial charge in [-0.05, 0) is 92.2 Å². The Balaban J connectivity index is 1.41. The van der Waals surface area contributed by atoms with Crippen LogP contribution in [0.15, 0.2) is 103 Å². The number of benzene rings is 3. The third-order valence-electron chi connectivity index (χ3n) is 8.65. The summed E-state index contributed by atoms with van der Waals surface area (Å²) < 4.78 is 67.8. The molecule has 50 heavy (non-hydrogen) atoms. The van der Waals surface area contributed by atoms with Crippen molar-refractivity contribution < 1.29 is 26.7 Å². The van der Waals surface area contributed by atoms with Crippen LogP contribution in [0.3, 0.4) is 0 Å². The fourth-order valence-electron chi connectivity index (χ4n) is 5.84. The Kier molecular flexibility index (Phi) is 11.8. The zero-order chi connectivity index (χ0) is 36.0. The largest absolute Gasteiger partial charge is 0.416 e. The minimum Gasteiger partial charge on any atom is -0.334 e. The van der Waals surface area contributed by atoms with Crippen molar-refractivity contribution in [3.63, 3.8) is 0 Å². The minimum absolute atomic E-state index is 0.0517. The summed E-state index contributed by atoms with van der Waals surface area (Å²) in [6.07, 6.45) is 0.527. The molecular formula is C39H39F5N4OS. The number of aromatic nitrogens is 1. The maximum atomic E-state index is 14.6. The normalized spacial score (nSPS) is 13.7. The summed E-state index contributed by atoms with van der Waals surface area (Å²) in [6.45, 7) is 7.26. The summed E-state index contributed by atoms with van der Waals surface area (Å²) in [5.41, 5.74) is 3.25. The Morgan fingerprint density at radius 2 is 1.64 bits per heavy atom. The van der Waals surface area contributed by atoms with E-state index in [1.807, 2.05) is 67.2 Å². The second-order valence-corrected chi connectivity index (χ2v) is 13.4. The zero-order valence-corrected chi connectivity index (χ0v) is 29.0. The van der Waals surface area contributed by atoms with Gasteiger partial charge in [-0.2, -0.15) is 13.2 Å². The first kappa shape index (κ1) is 36.8. The number of rotatable bonds is 13. The lowest BCUT2D eigenvalue weighted by atomic mass is 10.0. The van der Waals surface area contributed by atoms with Gasteiger partial charge in [0.25, 0.3) is 0 Å². The van der Waals surface area contributed by atoms with E-state index < -0.39 is 23.4 Å². The molecule has 5 nitrogen and oxygen atoms in total. The van der Waals surface area contributed by atoms with Crippen LogP contribution in [-0.4, -0.2) is 53.9 Å². The van der Waals surface area contributed by atoms with Gasteiger partial charge in [-0.1, -0.05) is 62.0 Å². The first-order valence-electron chi connectivity index (χ1n) is 16.3. The molecule has 1 aliphatic rings. The first-order valence-corrected chi connectivity index (χ1v) is 17.2. The Morgan fingerprint density at radius 3 is 2.28 bits per heavy atom. The van der Waals surface area contributed by atoms with Gasteiger partial charge in [0, 0.05) is 35.7 Å². The number of pyridine rings is 1. The quantitative estimate of drug-likeness (QED) is 0.130. The molecule has 262 valence electrons. The van der Waals surface area contributed by atoms with Gasteiger partial charge >= 0.3 is 6.18 Å². The summed E-state index contributed by atoms with van der Waals surface area (Å²) >= 11 is 1.28. The molecule has 1 atom stereocenters. The third-order valence-corrected chi connectivity index (χ3v) is 9.74. The molecule has 0 N–H and O–H groups in total. The van der Waals surface area contributed by atoms with Crippen LogP contribution in [0.1, 0.15) is 42.0 Å². The van der Waals surface area contributed by atoms with E-state index in [4.69, 9.17) is 0 Å². The number of halogens is 5. The summed E-state index contributed by atoms with van der Waals surface area (Å²) in [5.74, 6) is -1.29. The molecule has 1 amide bonds. The molecule has 2 heterocycles. The second kappa shape index (κ2) is 16.0. The average molecular weight is 707 g/mol. The number of carbonyl (C=O) groups is 1. The molecule has 0 aliphatic carbocycles. The number of anilines is 1. The second-order valence-electron chi connectivity index (χ2n) is 12.4. The maximum Gasteiger partial charge on any atom is 0.416 e. The molecule has 1 aromatic heterocycles. The Morgan fingerprint density at radius 1 is 0.960 bits per heavy atom. The van der Waals surface area contributed by atoms with Gasteiger partial charge in [0.05, 0.1) is 10.6 Å². The molecule has 0 spiro atoms. The Labute approximate surface area is 294 Å². The highest BCUT2D eigenvalue weighted by Crippen LogP contribution is 2.39. The fourth-order valence-corrected chi connectivity index (χ4v) is 6.90. The van der Waals surface area contributed by atoms with Crippen molar-refractivity contribution in [1.82, 2.24) is 14.8 Å². The number of alkyl halides is 3. The predicted molar refractivity (Wildman–Crippen MR) is 191 cm³/mol. The van der Waals surface area contributed by atoms with E-state index in [0.717, 1.165) is 47.9 Å². The number of nitrogens with zero attached hydrogens (tertiary/aromatic N) is 4. The van der Waals surface area contributed by atoms with Gasteiger partial charge in [-0.3, -0.25) is 4.79 Å². The Hall–Kier alpha value is -4.48. The highest BCUT2D eigenvalue weighted by molar-refractivity contribution is 8.02. The van der Waals surface area contributed by atoms with Crippen LogP contribution in [-0.2, 0) is 23.3 Å². The number of hydrogen-bond acceptors (Lipinski definition) is 5. The van der Waals surface area contributed by atoms with Crippen LogP contribution in [0.4, 0.5) is 27.8 Å². The monoisotopic (exact) mass is 706 g/mol. The fraction of sp³-hybridized carbons (Fsp3) is 0.282. The highest BCUT2D eigenvalue weighted by atomic mass is 32.2. The van der Waals surface area contributed by atoms with Crippen LogP contribution >= 0.6 is 11.8 Å². The summed E-state index contributed by atoms with van der Waals surface area (Å²) in [7, 11) is 3.97. The van der Waals surface area contributed by atoms with Crippen LogP contribution < -0.4 is 4.90 Å². The van der Waals surface area contributed by atoms with Gasteiger partial charge in [0.15, 0.2) is 11.6 Å². The van der Waals surface area contributed by atoms with Crippen molar-refractivity contribution in [1.29, 1.82) is 0 Å². The molecular weight excluding hydrogens is 668 g/mol. The molecule has 0 saturated heterocycles. The van der Waals surface area contributed by atoms with Crippen LogP contribution in [0.25, 0.3) is 16.7 Å². The summed E-state index contributed by atoms with van der Waals surface area (Å²) in [5, 5.41) is 0.639. The van der Waals surface area contributed by atoms with Crippen molar-refractivity contribution in [2.24, 2.45) is 0 Å². The lowest BCUT2D eigenvalue weighted by molar-refractivity contribution is -0.137. The van der Waals surface area contributed by atoms with E-state index in [-0.39, 0.29) is 29.8 Å². The van der Waals surface area contributed by atoms with Gasteiger partial charge in [0.2, 0.25) is 5.91 Å². The first-order chi connectivity index (χ1) is 23.8. The Bertz CT molecular complexity index is 1840. The van der Waals surface area contributed by atoms with Gasteiger partial charge in [-0.25, -0.2) is 13.8 Å². The minimum atomic E-state index is -4.41. The lowest BCUT2D eigenvalue weighted by Gasteiger charge is -2.36. The average Bonchev–Trinajstić information content (AvgIpc) is 3.10. The number of amides is 1. The van der Waals surface area contributed by atoms with Crippen LogP contribution in [0.5, 0.6) is 0 Å². The van der Waals surface area contributed by atoms with E-state index in [9.17, 15) is 26.7 Å². The number of fused-ring (bicyclic) bond motifs is 1. The van der Waals surface area contributed by atoms with E-state index in [1.54, 1.807) is 12.3 Å². The van der Waals surface area contributed by atoms with Gasteiger partial charge in [0.1, 0.15) is 12.4 Å². The topological polar surface area (TPSA) is 39.7 Å². The molecule has 4 aromatic rings. The molecule has 11 heteroatoms. The third kappa shape index (κ3) is 8.81. The van der Waals surface area contributed by atoms with Crippen molar-refractivity contribution in [2.75, 3.05) is 32.1 Å².